The summed E-state index contributed by atoms with van der Waals surface area (Å²) < 4.78 is 61.5. The fraction of sp³-hybridized carbons (Fsp3) is 0.286. The molecule has 96 valence electrons. The maximum atomic E-state index is 11.8. The summed E-state index contributed by atoms with van der Waals surface area (Å²) in [5.41, 5.74) is 0. The third-order valence-electron chi connectivity index (χ3n) is 1.42. The van der Waals surface area contributed by atoms with E-state index >= 15 is 0 Å². The highest BCUT2D eigenvalue weighted by Gasteiger charge is 2.29. The lowest BCUT2D eigenvalue weighted by Crippen LogP contribution is -2.37. The molecule has 2 N–H and O–H groups in total. The third-order valence-corrected chi connectivity index (χ3v) is 2.92. The first-order chi connectivity index (χ1) is 7.68. The Balaban J connectivity index is 2.67. The van der Waals surface area contributed by atoms with Gasteiger partial charge in [-0.1, -0.05) is 15.9 Å². The van der Waals surface area contributed by atoms with E-state index in [1.165, 1.54) is 17.0 Å². The molecule has 0 fully saturated rings. The zero-order valence-corrected chi connectivity index (χ0v) is 10.5. The van der Waals surface area contributed by atoms with Gasteiger partial charge in [0.05, 0.1) is 0 Å². The zero-order valence-electron chi connectivity index (χ0n) is 8.12. The minimum atomic E-state index is -4.61. The van der Waals surface area contributed by atoms with Crippen LogP contribution in [0, 0.1) is 0 Å². The second kappa shape index (κ2) is 5.19. The molecule has 0 amide bonds. The van der Waals surface area contributed by atoms with Crippen molar-refractivity contribution < 1.29 is 21.6 Å². The van der Waals surface area contributed by atoms with Crippen LogP contribution in [0.1, 0.15) is 0 Å². The Hall–Kier alpha value is -0.870. The number of anilines is 1. The quantitative estimate of drug-likeness (QED) is 0.880. The molecule has 0 aliphatic carbocycles. The molecule has 1 aromatic rings. The number of nitrogens with zero attached hydrogens (tertiary/aromatic N) is 1. The van der Waals surface area contributed by atoms with Crippen LogP contribution >= 0.6 is 15.9 Å². The first-order valence-electron chi connectivity index (χ1n) is 4.14. The number of pyridine rings is 1. The molecule has 1 aromatic heterocycles. The first-order valence-corrected chi connectivity index (χ1v) is 6.41. The summed E-state index contributed by atoms with van der Waals surface area (Å²) in [4.78, 5) is 3.63. The number of rotatable bonds is 4. The number of alkyl halides is 3. The lowest BCUT2D eigenvalue weighted by atomic mass is 10.5. The van der Waals surface area contributed by atoms with Crippen LogP contribution in [0.25, 0.3) is 0 Å². The van der Waals surface area contributed by atoms with E-state index in [0.29, 0.717) is 4.47 Å². The molecule has 10 heteroatoms. The summed E-state index contributed by atoms with van der Waals surface area (Å²) in [5, 5.41) is 0. The molecular weight excluding hydrogens is 327 g/mol. The van der Waals surface area contributed by atoms with E-state index in [0.717, 1.165) is 0 Å². The third kappa shape index (κ3) is 5.84. The molecule has 1 heterocycles. The number of nitrogens with one attached hydrogen (secondary N) is 2. The van der Waals surface area contributed by atoms with Crippen LogP contribution in [0.15, 0.2) is 22.8 Å². The molecule has 0 bridgehead atoms. The van der Waals surface area contributed by atoms with Crippen molar-refractivity contribution in [2.75, 3.05) is 11.3 Å². The van der Waals surface area contributed by atoms with Gasteiger partial charge in [-0.05, 0) is 12.1 Å². The summed E-state index contributed by atoms with van der Waals surface area (Å²) >= 11 is 3.07. The number of aromatic nitrogens is 1. The van der Waals surface area contributed by atoms with Crippen LogP contribution in [0.2, 0.25) is 0 Å². The number of hydrogen-bond donors (Lipinski definition) is 2. The molecule has 5 nitrogen and oxygen atoms in total. The SMILES string of the molecule is O=S(=O)(NCC(F)(F)F)Nc1cc(Br)ccn1. The van der Waals surface area contributed by atoms with Gasteiger partial charge in [-0.3, -0.25) is 4.72 Å². The van der Waals surface area contributed by atoms with E-state index in [-0.39, 0.29) is 5.82 Å². The highest BCUT2D eigenvalue weighted by Crippen LogP contribution is 2.15. The van der Waals surface area contributed by atoms with Gasteiger partial charge in [0.25, 0.3) is 0 Å². The molecule has 17 heavy (non-hydrogen) atoms. The highest BCUT2D eigenvalue weighted by molar-refractivity contribution is 9.10. The van der Waals surface area contributed by atoms with Gasteiger partial charge in [0.2, 0.25) is 0 Å². The predicted octanol–water partition coefficient (Wildman–Crippen LogP) is 1.65. The van der Waals surface area contributed by atoms with E-state index in [9.17, 15) is 21.6 Å². The molecule has 0 aliphatic rings. The maximum Gasteiger partial charge on any atom is 0.402 e. The van der Waals surface area contributed by atoms with E-state index in [4.69, 9.17) is 0 Å². The average Bonchev–Trinajstić information content (AvgIpc) is 2.13. The van der Waals surface area contributed by atoms with E-state index in [2.05, 4.69) is 20.9 Å². The predicted molar refractivity (Wildman–Crippen MR) is 58.5 cm³/mol. The van der Waals surface area contributed by atoms with Crippen molar-refractivity contribution in [1.82, 2.24) is 9.71 Å². The van der Waals surface area contributed by atoms with Gasteiger partial charge in [-0.25, -0.2) is 4.98 Å². The molecule has 0 aromatic carbocycles. The summed E-state index contributed by atoms with van der Waals surface area (Å²) in [7, 11) is -4.29. The Morgan fingerprint density at radius 3 is 2.59 bits per heavy atom. The summed E-state index contributed by atoms with van der Waals surface area (Å²) in [6.07, 6.45) is -3.31. The Morgan fingerprint density at radius 2 is 2.06 bits per heavy atom. The normalized spacial score (nSPS) is 12.5. The molecule has 0 unspecified atom stereocenters. The van der Waals surface area contributed by atoms with Crippen molar-refractivity contribution in [3.05, 3.63) is 22.8 Å². The standard InChI is InChI=1S/C7H7BrF3N3O2S/c8-5-1-2-12-6(3-5)14-17(15,16)13-4-7(9,10)11/h1-3,13H,4H2,(H,12,14). The minimum Gasteiger partial charge on any atom is -0.255 e. The van der Waals surface area contributed by atoms with Crippen LogP contribution < -0.4 is 9.44 Å². The number of halogens is 4. The largest absolute Gasteiger partial charge is 0.402 e. The summed E-state index contributed by atoms with van der Waals surface area (Å²) in [6, 6.07) is 2.85. The van der Waals surface area contributed by atoms with Crippen molar-refractivity contribution in [3.63, 3.8) is 0 Å². The van der Waals surface area contributed by atoms with Gasteiger partial charge in [-0.2, -0.15) is 26.3 Å². The van der Waals surface area contributed by atoms with Crippen LogP contribution in [0.3, 0.4) is 0 Å². The second-order valence-electron chi connectivity index (χ2n) is 2.90. The Bertz CT molecular complexity index is 491. The highest BCUT2D eigenvalue weighted by atomic mass is 79.9. The van der Waals surface area contributed by atoms with Crippen molar-refractivity contribution >= 4 is 32.0 Å². The Morgan fingerprint density at radius 1 is 1.41 bits per heavy atom. The van der Waals surface area contributed by atoms with Gasteiger partial charge in [-0.15, -0.1) is 0 Å². The van der Waals surface area contributed by atoms with Gasteiger partial charge < -0.3 is 0 Å². The fourth-order valence-electron chi connectivity index (χ4n) is 0.811. The average molecular weight is 334 g/mol. The minimum absolute atomic E-state index is 0.0888. The van der Waals surface area contributed by atoms with E-state index < -0.39 is 22.9 Å². The molecule has 0 atom stereocenters. The van der Waals surface area contributed by atoms with Crippen LogP contribution in [0.4, 0.5) is 19.0 Å². The van der Waals surface area contributed by atoms with Crippen LogP contribution in [-0.4, -0.2) is 26.1 Å². The molecule has 0 aliphatic heterocycles. The van der Waals surface area contributed by atoms with Crippen molar-refractivity contribution in [2.24, 2.45) is 0 Å². The smallest absolute Gasteiger partial charge is 0.255 e. The first kappa shape index (κ1) is 14.2. The topological polar surface area (TPSA) is 71.1 Å². The van der Waals surface area contributed by atoms with E-state index in [1.807, 2.05) is 4.72 Å². The summed E-state index contributed by atoms with van der Waals surface area (Å²) in [6.45, 7) is -1.64. The molecule has 0 saturated carbocycles. The second-order valence-corrected chi connectivity index (χ2v) is 5.32. The van der Waals surface area contributed by atoms with Gasteiger partial charge in [0.1, 0.15) is 12.4 Å². The van der Waals surface area contributed by atoms with Gasteiger partial charge in [0, 0.05) is 10.7 Å². The lowest BCUT2D eigenvalue weighted by Gasteiger charge is -2.10. The van der Waals surface area contributed by atoms with E-state index in [1.54, 1.807) is 6.07 Å². The Labute approximate surface area is 104 Å². The van der Waals surface area contributed by atoms with Gasteiger partial charge in [0.15, 0.2) is 0 Å². The summed E-state index contributed by atoms with van der Waals surface area (Å²) in [5.74, 6) is -0.0888. The van der Waals surface area contributed by atoms with Crippen molar-refractivity contribution in [3.8, 4) is 0 Å². The monoisotopic (exact) mass is 333 g/mol. The number of hydrogen-bond acceptors (Lipinski definition) is 3. The molecule has 0 spiro atoms. The fourth-order valence-corrected chi connectivity index (χ4v) is 1.96. The zero-order chi connectivity index (χ0) is 13.1. The molecule has 0 radical (unpaired) electrons. The van der Waals surface area contributed by atoms with Crippen LogP contribution in [-0.2, 0) is 10.2 Å². The lowest BCUT2D eigenvalue weighted by molar-refractivity contribution is -0.121. The van der Waals surface area contributed by atoms with Crippen molar-refractivity contribution in [2.45, 2.75) is 6.18 Å². The molecule has 0 saturated heterocycles. The van der Waals surface area contributed by atoms with Crippen molar-refractivity contribution in [1.29, 1.82) is 0 Å². The maximum absolute atomic E-state index is 11.8. The van der Waals surface area contributed by atoms with Gasteiger partial charge >= 0.3 is 16.4 Å². The van der Waals surface area contributed by atoms with Crippen LogP contribution in [0.5, 0.6) is 0 Å². The molecular formula is C7H7BrF3N3O2S. The molecule has 1 rings (SSSR count). The Kier molecular flexibility index (Phi) is 4.33.